The van der Waals surface area contributed by atoms with Crippen LogP contribution in [0.5, 0.6) is 0 Å². The maximum absolute atomic E-state index is 14.9. The molecule has 0 radical (unpaired) electrons. The summed E-state index contributed by atoms with van der Waals surface area (Å²) in [6.07, 6.45) is 4.94. The van der Waals surface area contributed by atoms with Crippen LogP contribution in [0.3, 0.4) is 0 Å². The SMILES string of the molecule is CC(C)(C)[C@](N)(CNC(=O)c1ccc(N2CCC(Nc3ncccn3)CC2)c(F)c1)C(=O)O. The number of piperidine rings is 1. The Morgan fingerprint density at radius 1 is 1.21 bits per heavy atom. The fraction of sp³-hybridized carbons (Fsp3) is 0.478. The second kappa shape index (κ2) is 9.70. The number of nitrogens with one attached hydrogen (secondary N) is 2. The van der Waals surface area contributed by atoms with E-state index in [1.54, 1.807) is 45.3 Å². The normalized spacial score (nSPS) is 16.7. The summed E-state index contributed by atoms with van der Waals surface area (Å²) in [6.45, 7) is 6.08. The first-order chi connectivity index (χ1) is 15.5. The Morgan fingerprint density at radius 2 is 1.85 bits per heavy atom. The van der Waals surface area contributed by atoms with Gasteiger partial charge in [-0.25, -0.2) is 14.4 Å². The first-order valence-corrected chi connectivity index (χ1v) is 10.9. The van der Waals surface area contributed by atoms with Crippen LogP contribution in [-0.4, -0.2) is 58.2 Å². The van der Waals surface area contributed by atoms with Crippen LogP contribution in [0.15, 0.2) is 36.7 Å². The molecule has 0 saturated carbocycles. The quantitative estimate of drug-likeness (QED) is 0.497. The topological polar surface area (TPSA) is 133 Å². The van der Waals surface area contributed by atoms with E-state index in [0.29, 0.717) is 24.7 Å². The first-order valence-electron chi connectivity index (χ1n) is 10.9. The summed E-state index contributed by atoms with van der Waals surface area (Å²) in [5, 5.41) is 15.4. The summed E-state index contributed by atoms with van der Waals surface area (Å²) in [7, 11) is 0. The van der Waals surface area contributed by atoms with Crippen LogP contribution in [0.1, 0.15) is 44.0 Å². The average molecular weight is 459 g/mol. The van der Waals surface area contributed by atoms with Crippen molar-refractivity contribution in [3.8, 4) is 0 Å². The molecule has 0 unspecified atom stereocenters. The predicted octanol–water partition coefficient (Wildman–Crippen LogP) is 2.25. The molecule has 1 aliphatic rings. The van der Waals surface area contributed by atoms with Crippen LogP contribution < -0.4 is 21.3 Å². The number of amides is 1. The van der Waals surface area contributed by atoms with Crippen molar-refractivity contribution < 1.29 is 19.1 Å². The molecular weight excluding hydrogens is 427 g/mol. The largest absolute Gasteiger partial charge is 0.480 e. The molecule has 1 saturated heterocycles. The first kappa shape index (κ1) is 24.4. The number of hydrogen-bond acceptors (Lipinski definition) is 7. The highest BCUT2D eigenvalue weighted by Gasteiger charge is 2.45. The van der Waals surface area contributed by atoms with E-state index >= 15 is 0 Å². The summed E-state index contributed by atoms with van der Waals surface area (Å²) in [5.74, 6) is -1.72. The van der Waals surface area contributed by atoms with Crippen LogP contribution in [-0.2, 0) is 4.79 Å². The molecule has 0 bridgehead atoms. The minimum atomic E-state index is -1.66. The number of carbonyl (C=O) groups is 2. The van der Waals surface area contributed by atoms with E-state index in [2.05, 4.69) is 20.6 Å². The number of nitrogens with two attached hydrogens (primary N) is 1. The molecule has 5 N–H and O–H groups in total. The molecule has 1 aromatic heterocycles. The molecule has 3 rings (SSSR count). The van der Waals surface area contributed by atoms with E-state index in [1.165, 1.54) is 12.1 Å². The number of halogens is 1. The maximum atomic E-state index is 14.9. The van der Waals surface area contributed by atoms with E-state index in [-0.39, 0.29) is 18.2 Å². The molecule has 178 valence electrons. The highest BCUT2D eigenvalue weighted by atomic mass is 19.1. The van der Waals surface area contributed by atoms with Gasteiger partial charge in [0.15, 0.2) is 0 Å². The molecule has 2 heterocycles. The molecule has 0 aliphatic carbocycles. The smallest absolute Gasteiger partial charge is 0.326 e. The average Bonchev–Trinajstić information content (AvgIpc) is 2.77. The van der Waals surface area contributed by atoms with E-state index in [4.69, 9.17) is 5.73 Å². The van der Waals surface area contributed by atoms with Gasteiger partial charge in [0.25, 0.3) is 5.91 Å². The van der Waals surface area contributed by atoms with Gasteiger partial charge in [0.2, 0.25) is 5.95 Å². The third-order valence-corrected chi connectivity index (χ3v) is 6.19. The van der Waals surface area contributed by atoms with Gasteiger partial charge in [0.05, 0.1) is 5.69 Å². The zero-order valence-electron chi connectivity index (χ0n) is 19.1. The van der Waals surface area contributed by atoms with Crippen molar-refractivity contribution in [1.82, 2.24) is 15.3 Å². The van der Waals surface area contributed by atoms with Crippen molar-refractivity contribution in [2.75, 3.05) is 29.9 Å². The molecule has 1 fully saturated rings. The molecule has 1 aromatic carbocycles. The second-order valence-electron chi connectivity index (χ2n) is 9.35. The van der Waals surface area contributed by atoms with Crippen LogP contribution >= 0.6 is 0 Å². The highest BCUT2D eigenvalue weighted by Crippen LogP contribution is 2.28. The van der Waals surface area contributed by atoms with Crippen LogP contribution in [0.2, 0.25) is 0 Å². The van der Waals surface area contributed by atoms with Crippen LogP contribution in [0, 0.1) is 11.2 Å². The van der Waals surface area contributed by atoms with Gasteiger partial charge in [-0.1, -0.05) is 20.8 Å². The summed E-state index contributed by atoms with van der Waals surface area (Å²) in [5.41, 5.74) is 4.12. The van der Waals surface area contributed by atoms with Crippen molar-refractivity contribution >= 4 is 23.5 Å². The van der Waals surface area contributed by atoms with Gasteiger partial charge < -0.3 is 26.4 Å². The molecule has 0 spiro atoms. The van der Waals surface area contributed by atoms with E-state index in [9.17, 15) is 19.1 Å². The monoisotopic (exact) mass is 458 g/mol. The summed E-state index contributed by atoms with van der Waals surface area (Å²) >= 11 is 0. The Hall–Kier alpha value is -3.27. The van der Waals surface area contributed by atoms with Gasteiger partial charge in [-0.05, 0) is 42.5 Å². The fourth-order valence-electron chi connectivity index (χ4n) is 3.71. The molecule has 2 aromatic rings. The van der Waals surface area contributed by atoms with Crippen molar-refractivity contribution in [2.24, 2.45) is 11.1 Å². The van der Waals surface area contributed by atoms with E-state index < -0.39 is 28.6 Å². The lowest BCUT2D eigenvalue weighted by Crippen LogP contribution is -2.63. The summed E-state index contributed by atoms with van der Waals surface area (Å²) in [6, 6.07) is 6.23. The minimum absolute atomic E-state index is 0.107. The Kier molecular flexibility index (Phi) is 7.16. The van der Waals surface area contributed by atoms with Crippen molar-refractivity contribution in [2.45, 2.75) is 45.2 Å². The van der Waals surface area contributed by atoms with Crippen molar-refractivity contribution in [3.63, 3.8) is 0 Å². The number of carboxylic acids is 1. The number of carbonyl (C=O) groups excluding carboxylic acids is 1. The number of aromatic nitrogens is 2. The third-order valence-electron chi connectivity index (χ3n) is 6.19. The number of rotatable bonds is 7. The van der Waals surface area contributed by atoms with Crippen LogP contribution in [0.25, 0.3) is 0 Å². The standard InChI is InChI=1S/C23H31FN6O3/c1-22(2,3)23(25,20(32)33)14-28-19(31)15-5-6-18(17(24)13-15)30-11-7-16(8-12-30)29-21-26-9-4-10-27-21/h4-6,9-10,13,16H,7-8,11-12,14,25H2,1-3H3,(H,28,31)(H,32,33)(H,26,27,29)/t23-/m0/s1. The second-order valence-corrected chi connectivity index (χ2v) is 9.35. The fourth-order valence-corrected chi connectivity index (χ4v) is 3.71. The zero-order valence-corrected chi connectivity index (χ0v) is 19.1. The van der Waals surface area contributed by atoms with Gasteiger partial charge in [0, 0.05) is 43.6 Å². The number of anilines is 2. The third kappa shape index (κ3) is 5.57. The Balaban J connectivity index is 1.60. The molecule has 1 atom stereocenters. The maximum Gasteiger partial charge on any atom is 0.326 e. The molecule has 10 heteroatoms. The number of nitrogens with zero attached hydrogens (tertiary/aromatic N) is 3. The molecule has 9 nitrogen and oxygen atoms in total. The van der Waals surface area contributed by atoms with Gasteiger partial charge in [0.1, 0.15) is 11.4 Å². The van der Waals surface area contributed by atoms with Gasteiger partial charge in [-0.15, -0.1) is 0 Å². The lowest BCUT2D eigenvalue weighted by atomic mass is 9.74. The van der Waals surface area contributed by atoms with E-state index in [1.807, 2.05) is 4.90 Å². The molecule has 1 aliphatic heterocycles. The van der Waals surface area contributed by atoms with Gasteiger partial charge in [-0.2, -0.15) is 0 Å². The van der Waals surface area contributed by atoms with E-state index in [0.717, 1.165) is 12.8 Å². The van der Waals surface area contributed by atoms with Gasteiger partial charge in [-0.3, -0.25) is 9.59 Å². The summed E-state index contributed by atoms with van der Waals surface area (Å²) < 4.78 is 14.9. The lowest BCUT2D eigenvalue weighted by Gasteiger charge is -2.37. The Bertz CT molecular complexity index is 989. The Labute approximate surface area is 192 Å². The molecular formula is C23H31FN6O3. The lowest BCUT2D eigenvalue weighted by molar-refractivity contribution is -0.147. The van der Waals surface area contributed by atoms with Crippen LogP contribution in [0.4, 0.5) is 16.0 Å². The molecule has 1 amide bonds. The minimum Gasteiger partial charge on any atom is -0.480 e. The predicted molar refractivity (Wildman–Crippen MR) is 124 cm³/mol. The molecule has 33 heavy (non-hydrogen) atoms. The number of aliphatic carboxylic acids is 1. The van der Waals surface area contributed by atoms with Gasteiger partial charge >= 0.3 is 5.97 Å². The number of hydrogen-bond donors (Lipinski definition) is 4. The highest BCUT2D eigenvalue weighted by molar-refractivity contribution is 5.95. The van der Waals surface area contributed by atoms with Crippen molar-refractivity contribution in [3.05, 3.63) is 48.0 Å². The number of benzene rings is 1. The Morgan fingerprint density at radius 3 is 2.39 bits per heavy atom. The van der Waals surface area contributed by atoms with Crippen molar-refractivity contribution in [1.29, 1.82) is 0 Å². The summed E-state index contributed by atoms with van der Waals surface area (Å²) in [4.78, 5) is 34.5. The zero-order chi connectivity index (χ0) is 24.2. The number of carboxylic acid groups (broad SMARTS) is 1.